The normalized spacial score (nSPS) is 15.1. The van der Waals surface area contributed by atoms with E-state index in [1.54, 1.807) is 23.1 Å². The van der Waals surface area contributed by atoms with Crippen LogP contribution in [0, 0.1) is 12.7 Å². The maximum absolute atomic E-state index is 14.0. The average molecular weight is 423 g/mol. The molecule has 1 amide bonds. The van der Waals surface area contributed by atoms with Gasteiger partial charge in [0.05, 0.1) is 5.56 Å². The molecule has 0 aliphatic carbocycles. The Bertz CT molecular complexity index is 1180. The molecule has 5 nitrogen and oxygen atoms in total. The lowest BCUT2D eigenvalue weighted by molar-refractivity contribution is 0.0624. The Morgan fingerprint density at radius 2 is 1.81 bits per heavy atom. The van der Waals surface area contributed by atoms with E-state index in [0.29, 0.717) is 44.2 Å². The highest BCUT2D eigenvalue weighted by Crippen LogP contribution is 2.27. The lowest BCUT2D eigenvalue weighted by atomic mass is 9.95. The second kappa shape index (κ2) is 8.63. The maximum Gasteiger partial charge on any atom is 0.336 e. The van der Waals surface area contributed by atoms with Crippen LogP contribution in [0.5, 0.6) is 0 Å². The summed E-state index contributed by atoms with van der Waals surface area (Å²) in [7, 11) is 0. The van der Waals surface area contributed by atoms with Gasteiger partial charge in [0.15, 0.2) is 0 Å². The summed E-state index contributed by atoms with van der Waals surface area (Å²) in [6.07, 6.45) is 0. The fourth-order valence-corrected chi connectivity index (χ4v) is 4.30. The van der Waals surface area contributed by atoms with Gasteiger partial charge in [0.1, 0.15) is 11.4 Å². The first-order valence-electron chi connectivity index (χ1n) is 10.7. The van der Waals surface area contributed by atoms with E-state index in [9.17, 15) is 14.0 Å². The number of aryl methyl sites for hydroxylation is 1. The van der Waals surface area contributed by atoms with Gasteiger partial charge in [-0.2, -0.15) is 0 Å². The summed E-state index contributed by atoms with van der Waals surface area (Å²) in [6, 6.07) is 11.7. The Balaban J connectivity index is 1.52. The van der Waals surface area contributed by atoms with Crippen molar-refractivity contribution in [3.05, 3.63) is 81.0 Å². The first kappa shape index (κ1) is 21.2. The van der Waals surface area contributed by atoms with Crippen molar-refractivity contribution < 1.29 is 13.6 Å². The van der Waals surface area contributed by atoms with E-state index in [2.05, 4.69) is 24.8 Å². The van der Waals surface area contributed by atoms with Crippen molar-refractivity contribution in [2.24, 2.45) is 0 Å². The molecule has 0 radical (unpaired) electrons. The summed E-state index contributed by atoms with van der Waals surface area (Å²) in [5.41, 5.74) is 3.65. The van der Waals surface area contributed by atoms with E-state index >= 15 is 0 Å². The highest BCUT2D eigenvalue weighted by Gasteiger charge is 2.24. The molecule has 1 aromatic heterocycles. The Morgan fingerprint density at radius 1 is 1.10 bits per heavy atom. The minimum Gasteiger partial charge on any atom is -0.423 e. The quantitative estimate of drug-likeness (QED) is 0.588. The van der Waals surface area contributed by atoms with Gasteiger partial charge in [0.25, 0.3) is 5.91 Å². The predicted octanol–water partition coefficient (Wildman–Crippen LogP) is 4.32. The molecule has 0 N–H and O–H groups in total. The molecular formula is C25H27FN2O3. The van der Waals surface area contributed by atoms with Crippen LogP contribution in [0.3, 0.4) is 0 Å². The number of hydrogen-bond donors (Lipinski definition) is 0. The van der Waals surface area contributed by atoms with Crippen LogP contribution < -0.4 is 5.63 Å². The van der Waals surface area contributed by atoms with Crippen molar-refractivity contribution in [1.82, 2.24) is 9.80 Å². The third kappa shape index (κ3) is 4.39. The van der Waals surface area contributed by atoms with Crippen LogP contribution in [0.2, 0.25) is 0 Å². The monoisotopic (exact) mass is 422 g/mol. The fourth-order valence-electron chi connectivity index (χ4n) is 4.30. The van der Waals surface area contributed by atoms with Gasteiger partial charge in [-0.15, -0.1) is 0 Å². The molecule has 1 saturated heterocycles. The minimum absolute atomic E-state index is 0.110. The van der Waals surface area contributed by atoms with Gasteiger partial charge in [-0.1, -0.05) is 26.0 Å². The second-order valence-electron chi connectivity index (χ2n) is 8.50. The fraction of sp³-hybridized carbons (Fsp3) is 0.360. The average Bonchev–Trinajstić information content (AvgIpc) is 2.73. The third-order valence-electron chi connectivity index (χ3n) is 6.00. The SMILES string of the molecule is Cc1cc2oc(=O)cc(CN3CCN(C(=O)c4ccccc4F)CC3)c2cc1C(C)C. The van der Waals surface area contributed by atoms with Crippen LogP contribution in [-0.4, -0.2) is 41.9 Å². The summed E-state index contributed by atoms with van der Waals surface area (Å²) in [4.78, 5) is 28.7. The van der Waals surface area contributed by atoms with E-state index in [1.807, 2.05) is 13.0 Å². The first-order valence-corrected chi connectivity index (χ1v) is 10.7. The number of fused-ring (bicyclic) bond motifs is 1. The standard InChI is InChI=1S/C25H27FN2O3/c1-16(2)20-14-21-18(13-24(29)31-23(21)12-17(20)3)15-27-8-10-28(11-9-27)25(30)19-6-4-5-7-22(19)26/h4-7,12-14,16H,8-11,15H2,1-3H3. The highest BCUT2D eigenvalue weighted by atomic mass is 19.1. The molecule has 0 unspecified atom stereocenters. The Morgan fingerprint density at radius 3 is 2.48 bits per heavy atom. The third-order valence-corrected chi connectivity index (χ3v) is 6.00. The van der Waals surface area contributed by atoms with E-state index in [-0.39, 0.29) is 17.1 Å². The molecule has 1 fully saturated rings. The minimum atomic E-state index is -0.492. The molecule has 0 atom stereocenters. The van der Waals surface area contributed by atoms with Crippen LogP contribution >= 0.6 is 0 Å². The largest absolute Gasteiger partial charge is 0.423 e. The molecule has 162 valence electrons. The van der Waals surface area contributed by atoms with E-state index < -0.39 is 5.82 Å². The van der Waals surface area contributed by atoms with Crippen molar-refractivity contribution in [3.8, 4) is 0 Å². The molecule has 0 bridgehead atoms. The smallest absolute Gasteiger partial charge is 0.336 e. The van der Waals surface area contributed by atoms with Gasteiger partial charge in [0, 0.05) is 44.2 Å². The lowest BCUT2D eigenvalue weighted by Gasteiger charge is -2.35. The molecule has 0 saturated carbocycles. The van der Waals surface area contributed by atoms with Gasteiger partial charge in [0.2, 0.25) is 0 Å². The van der Waals surface area contributed by atoms with Crippen molar-refractivity contribution in [2.45, 2.75) is 33.2 Å². The number of benzene rings is 2. The summed E-state index contributed by atoms with van der Waals surface area (Å²) >= 11 is 0. The number of halogens is 1. The van der Waals surface area contributed by atoms with Crippen LogP contribution in [0.1, 0.15) is 46.8 Å². The van der Waals surface area contributed by atoms with Gasteiger partial charge in [-0.25, -0.2) is 9.18 Å². The molecular weight excluding hydrogens is 395 g/mol. The van der Waals surface area contributed by atoms with E-state index in [0.717, 1.165) is 16.5 Å². The molecule has 1 aliphatic heterocycles. The van der Waals surface area contributed by atoms with Gasteiger partial charge in [-0.05, 0) is 53.8 Å². The van der Waals surface area contributed by atoms with Gasteiger partial charge in [-0.3, -0.25) is 9.69 Å². The summed E-state index contributed by atoms with van der Waals surface area (Å²) < 4.78 is 19.4. The van der Waals surface area contributed by atoms with Crippen molar-refractivity contribution in [1.29, 1.82) is 0 Å². The number of carbonyl (C=O) groups is 1. The highest BCUT2D eigenvalue weighted by molar-refractivity contribution is 5.94. The molecule has 0 spiro atoms. The van der Waals surface area contributed by atoms with Crippen molar-refractivity contribution >= 4 is 16.9 Å². The maximum atomic E-state index is 14.0. The molecule has 2 heterocycles. The lowest BCUT2D eigenvalue weighted by Crippen LogP contribution is -2.48. The molecule has 4 rings (SSSR count). The van der Waals surface area contributed by atoms with E-state index in [4.69, 9.17) is 4.42 Å². The number of hydrogen-bond acceptors (Lipinski definition) is 4. The molecule has 31 heavy (non-hydrogen) atoms. The zero-order chi connectivity index (χ0) is 22.1. The van der Waals surface area contributed by atoms with Crippen LogP contribution in [-0.2, 0) is 6.54 Å². The molecule has 3 aromatic rings. The summed E-state index contributed by atoms with van der Waals surface area (Å²) in [6.45, 7) is 9.29. The number of piperazine rings is 1. The van der Waals surface area contributed by atoms with Crippen LogP contribution in [0.15, 0.2) is 51.7 Å². The van der Waals surface area contributed by atoms with Gasteiger partial charge >= 0.3 is 5.63 Å². The summed E-state index contributed by atoms with van der Waals surface area (Å²) in [5.74, 6) is -0.397. The predicted molar refractivity (Wildman–Crippen MR) is 119 cm³/mol. The second-order valence-corrected chi connectivity index (χ2v) is 8.50. The molecule has 6 heteroatoms. The number of nitrogens with zero attached hydrogens (tertiary/aromatic N) is 2. The summed E-state index contributed by atoms with van der Waals surface area (Å²) in [5, 5.41) is 0.957. The number of carbonyl (C=O) groups excluding carboxylic acids is 1. The number of rotatable bonds is 4. The zero-order valence-corrected chi connectivity index (χ0v) is 18.2. The molecule has 1 aliphatic rings. The van der Waals surface area contributed by atoms with Crippen molar-refractivity contribution in [2.75, 3.05) is 26.2 Å². The van der Waals surface area contributed by atoms with Crippen molar-refractivity contribution in [3.63, 3.8) is 0 Å². The first-order chi connectivity index (χ1) is 14.8. The van der Waals surface area contributed by atoms with Crippen LogP contribution in [0.4, 0.5) is 4.39 Å². The zero-order valence-electron chi connectivity index (χ0n) is 18.2. The Labute approximate surface area is 181 Å². The van der Waals surface area contributed by atoms with Crippen LogP contribution in [0.25, 0.3) is 11.0 Å². The topological polar surface area (TPSA) is 53.8 Å². The Hall–Kier alpha value is -2.99. The van der Waals surface area contributed by atoms with Gasteiger partial charge < -0.3 is 9.32 Å². The van der Waals surface area contributed by atoms with E-state index in [1.165, 1.54) is 17.7 Å². The molecule has 2 aromatic carbocycles. The Kier molecular flexibility index (Phi) is 5.92. The number of amides is 1.